The summed E-state index contributed by atoms with van der Waals surface area (Å²) >= 11 is 0. The van der Waals surface area contributed by atoms with Gasteiger partial charge in [0.1, 0.15) is 11.9 Å². The number of hydrazine groups is 1. The van der Waals surface area contributed by atoms with Crippen LogP contribution >= 0.6 is 0 Å². The number of aromatic nitrogens is 2. The van der Waals surface area contributed by atoms with Crippen LogP contribution < -0.4 is 0 Å². The number of hydrogen-bond acceptors (Lipinski definition) is 7. The summed E-state index contributed by atoms with van der Waals surface area (Å²) in [6.07, 6.45) is -2.91. The molecule has 1 fully saturated rings. The van der Waals surface area contributed by atoms with Gasteiger partial charge in [-0.3, -0.25) is 4.79 Å². The standard InChI is InChI=1S/C24H21F3N4O5/c25-17-5-1-14(2-6-17)12-31(24(33)35-18-7-9-34-10-8-18)30-13-16-4-3-15(11-19(16)23(30)32)21-28-29-22(36-21)20(26)27/h1-6,11,18,20H,7-10,12-13H2. The van der Waals surface area contributed by atoms with Crippen molar-refractivity contribution in [2.75, 3.05) is 13.2 Å². The lowest BCUT2D eigenvalue weighted by Crippen LogP contribution is -2.47. The molecule has 0 atom stereocenters. The number of alkyl halides is 2. The van der Waals surface area contributed by atoms with Gasteiger partial charge in [0, 0.05) is 24.0 Å². The maximum absolute atomic E-state index is 13.4. The Bertz CT molecular complexity index is 1260. The number of ether oxygens (including phenoxy) is 2. The zero-order valence-electron chi connectivity index (χ0n) is 18.9. The number of carbonyl (C=O) groups is 2. The highest BCUT2D eigenvalue weighted by molar-refractivity contribution is 6.00. The molecule has 0 N–H and O–H groups in total. The molecule has 2 aromatic carbocycles. The van der Waals surface area contributed by atoms with Crippen LogP contribution in [0, 0.1) is 5.82 Å². The summed E-state index contributed by atoms with van der Waals surface area (Å²) in [7, 11) is 0. The van der Waals surface area contributed by atoms with E-state index in [1.54, 1.807) is 12.1 Å². The molecule has 2 amide bonds. The first-order valence-electron chi connectivity index (χ1n) is 11.3. The zero-order valence-corrected chi connectivity index (χ0v) is 18.9. The Morgan fingerprint density at radius 1 is 1.14 bits per heavy atom. The number of fused-ring (bicyclic) bond motifs is 1. The quantitative estimate of drug-likeness (QED) is 0.490. The predicted octanol–water partition coefficient (Wildman–Crippen LogP) is 4.50. The molecule has 5 rings (SSSR count). The minimum atomic E-state index is -2.92. The van der Waals surface area contributed by atoms with E-state index < -0.39 is 30.1 Å². The maximum atomic E-state index is 13.4. The Labute approximate surface area is 203 Å². The number of benzene rings is 2. The van der Waals surface area contributed by atoms with E-state index in [9.17, 15) is 22.8 Å². The molecule has 2 aliphatic rings. The van der Waals surface area contributed by atoms with Crippen molar-refractivity contribution in [1.29, 1.82) is 0 Å². The molecule has 0 unspecified atom stereocenters. The summed E-state index contributed by atoms with van der Waals surface area (Å²) in [6.45, 7) is 0.979. The molecular weight excluding hydrogens is 481 g/mol. The van der Waals surface area contributed by atoms with Gasteiger partial charge in [-0.15, -0.1) is 10.2 Å². The second-order valence-electron chi connectivity index (χ2n) is 8.36. The smallest absolute Gasteiger partial charge is 0.429 e. The maximum Gasteiger partial charge on any atom is 0.429 e. The van der Waals surface area contributed by atoms with Crippen LogP contribution in [0.1, 0.15) is 46.6 Å². The molecule has 3 heterocycles. The van der Waals surface area contributed by atoms with Crippen LogP contribution in [0.3, 0.4) is 0 Å². The largest absolute Gasteiger partial charge is 0.445 e. The van der Waals surface area contributed by atoms with Crippen LogP contribution in [0.25, 0.3) is 11.5 Å². The third-order valence-corrected chi connectivity index (χ3v) is 5.95. The summed E-state index contributed by atoms with van der Waals surface area (Å²) in [5, 5.41) is 9.37. The molecule has 1 saturated heterocycles. The molecule has 2 aliphatic heterocycles. The highest BCUT2D eigenvalue weighted by atomic mass is 19.3. The van der Waals surface area contributed by atoms with Crippen molar-refractivity contribution in [2.45, 2.75) is 38.5 Å². The first kappa shape index (κ1) is 23.8. The molecule has 36 heavy (non-hydrogen) atoms. The molecular formula is C24H21F3N4O5. The summed E-state index contributed by atoms with van der Waals surface area (Å²) < 4.78 is 55.0. The van der Waals surface area contributed by atoms with E-state index in [-0.39, 0.29) is 30.6 Å². The van der Waals surface area contributed by atoms with Gasteiger partial charge in [0.15, 0.2) is 0 Å². The monoisotopic (exact) mass is 502 g/mol. The van der Waals surface area contributed by atoms with E-state index in [0.29, 0.717) is 42.7 Å². The van der Waals surface area contributed by atoms with Crippen LogP contribution in [-0.4, -0.2) is 51.5 Å². The molecule has 0 aliphatic carbocycles. The summed E-state index contributed by atoms with van der Waals surface area (Å²) in [5.41, 5.74) is 1.75. The average Bonchev–Trinajstić information content (AvgIpc) is 3.50. The fourth-order valence-corrected chi connectivity index (χ4v) is 4.06. The topological polar surface area (TPSA) is 98.0 Å². The number of hydrogen-bond donors (Lipinski definition) is 0. The normalized spacial score (nSPS) is 15.9. The van der Waals surface area contributed by atoms with Gasteiger partial charge in [-0.25, -0.2) is 19.2 Å². The lowest BCUT2D eigenvalue weighted by molar-refractivity contribution is -0.0494. The Morgan fingerprint density at radius 2 is 1.89 bits per heavy atom. The summed E-state index contributed by atoms with van der Waals surface area (Å²) in [5.74, 6) is -1.89. The Kier molecular flexibility index (Phi) is 6.59. The molecule has 9 nitrogen and oxygen atoms in total. The van der Waals surface area contributed by atoms with Crippen molar-refractivity contribution < 1.29 is 36.7 Å². The molecule has 0 radical (unpaired) electrons. The minimum Gasteiger partial charge on any atom is -0.445 e. The average molecular weight is 502 g/mol. The highest BCUT2D eigenvalue weighted by Crippen LogP contribution is 2.31. The molecule has 0 saturated carbocycles. The van der Waals surface area contributed by atoms with Crippen LogP contribution in [0.5, 0.6) is 0 Å². The molecule has 1 aromatic heterocycles. The zero-order chi connectivity index (χ0) is 25.2. The van der Waals surface area contributed by atoms with Gasteiger partial charge >= 0.3 is 12.5 Å². The highest BCUT2D eigenvalue weighted by Gasteiger charge is 2.36. The first-order valence-corrected chi connectivity index (χ1v) is 11.3. The van der Waals surface area contributed by atoms with Crippen LogP contribution in [-0.2, 0) is 22.6 Å². The van der Waals surface area contributed by atoms with E-state index >= 15 is 0 Å². The first-order chi connectivity index (χ1) is 17.4. The number of halogens is 3. The SMILES string of the molecule is O=C(OC1CCOCC1)N(Cc1ccc(F)cc1)N1Cc2ccc(-c3nnc(C(F)F)o3)cc2C1=O. The van der Waals surface area contributed by atoms with E-state index in [1.165, 1.54) is 40.3 Å². The summed E-state index contributed by atoms with van der Waals surface area (Å²) in [6, 6.07) is 10.2. The fraction of sp³-hybridized carbons (Fsp3) is 0.333. The molecule has 0 spiro atoms. The second kappa shape index (κ2) is 9.97. The van der Waals surface area contributed by atoms with E-state index in [2.05, 4.69) is 10.2 Å². The summed E-state index contributed by atoms with van der Waals surface area (Å²) in [4.78, 5) is 26.6. The van der Waals surface area contributed by atoms with E-state index in [0.717, 1.165) is 0 Å². The van der Waals surface area contributed by atoms with Crippen LogP contribution in [0.4, 0.5) is 18.0 Å². The molecule has 3 aromatic rings. The Morgan fingerprint density at radius 3 is 2.58 bits per heavy atom. The van der Waals surface area contributed by atoms with Crippen molar-refractivity contribution in [2.24, 2.45) is 0 Å². The van der Waals surface area contributed by atoms with Gasteiger partial charge in [-0.05, 0) is 35.4 Å². The molecule has 12 heteroatoms. The van der Waals surface area contributed by atoms with E-state index in [4.69, 9.17) is 13.9 Å². The Hall–Kier alpha value is -3.93. The van der Waals surface area contributed by atoms with Gasteiger partial charge in [0.2, 0.25) is 5.89 Å². The van der Waals surface area contributed by atoms with Crippen LogP contribution in [0.15, 0.2) is 46.9 Å². The lowest BCUT2D eigenvalue weighted by Gasteiger charge is -2.33. The Balaban J connectivity index is 1.40. The molecule has 188 valence electrons. The van der Waals surface area contributed by atoms with Gasteiger partial charge in [0.05, 0.1) is 26.3 Å². The van der Waals surface area contributed by atoms with Crippen molar-refractivity contribution in [3.63, 3.8) is 0 Å². The number of nitrogens with zero attached hydrogens (tertiary/aromatic N) is 4. The minimum absolute atomic E-state index is 0.0314. The number of amides is 2. The van der Waals surface area contributed by atoms with Gasteiger partial charge < -0.3 is 13.9 Å². The van der Waals surface area contributed by atoms with Gasteiger partial charge in [0.25, 0.3) is 11.8 Å². The van der Waals surface area contributed by atoms with Gasteiger partial charge in [-0.2, -0.15) is 8.78 Å². The van der Waals surface area contributed by atoms with Crippen LogP contribution in [0.2, 0.25) is 0 Å². The number of rotatable bonds is 6. The predicted molar refractivity (Wildman–Crippen MR) is 117 cm³/mol. The molecule has 0 bridgehead atoms. The third kappa shape index (κ3) is 4.89. The van der Waals surface area contributed by atoms with Crippen molar-refractivity contribution in [1.82, 2.24) is 20.2 Å². The second-order valence-corrected chi connectivity index (χ2v) is 8.36. The fourth-order valence-electron chi connectivity index (χ4n) is 4.06. The lowest BCUT2D eigenvalue weighted by atomic mass is 10.1. The third-order valence-electron chi connectivity index (χ3n) is 5.95. The van der Waals surface area contributed by atoms with E-state index in [1.807, 2.05) is 0 Å². The van der Waals surface area contributed by atoms with Gasteiger partial charge in [-0.1, -0.05) is 18.2 Å². The van der Waals surface area contributed by atoms with Crippen molar-refractivity contribution >= 4 is 12.0 Å². The number of carbonyl (C=O) groups excluding carboxylic acids is 2. The van der Waals surface area contributed by atoms with Crippen molar-refractivity contribution in [3.8, 4) is 11.5 Å². The van der Waals surface area contributed by atoms with Crippen molar-refractivity contribution in [3.05, 3.63) is 70.9 Å².